The van der Waals surface area contributed by atoms with Crippen LogP contribution in [0, 0.1) is 0 Å². The molecule has 0 saturated carbocycles. The second kappa shape index (κ2) is 7.13. The maximum absolute atomic E-state index is 12.7. The highest BCUT2D eigenvalue weighted by molar-refractivity contribution is 5.97. The minimum Gasteiger partial charge on any atom is -0.321 e. The quantitative estimate of drug-likeness (QED) is 0.923. The number of benzene rings is 1. The number of aryl methyl sites for hydroxylation is 1. The largest absolute Gasteiger partial charge is 0.321 e. The van der Waals surface area contributed by atoms with Crippen molar-refractivity contribution in [2.45, 2.75) is 45.1 Å². The standard InChI is InChI=1S/C18H25N3O2/c1-2-6-15-11-17(22)20(13-19-15)12-18(23)21-10-5-8-14-7-3-4-9-16(14)21/h3-4,7,9,15,19H,2,5-6,8,10-13H2,1H3. The SMILES string of the molecule is CCCC1CC(=O)N(CC(=O)N2CCCc3ccccc32)CN1. The van der Waals surface area contributed by atoms with Crippen molar-refractivity contribution < 1.29 is 9.59 Å². The van der Waals surface area contributed by atoms with E-state index in [1.54, 1.807) is 4.90 Å². The van der Waals surface area contributed by atoms with Crippen LogP contribution in [0.25, 0.3) is 0 Å². The van der Waals surface area contributed by atoms with Gasteiger partial charge in [-0.05, 0) is 30.9 Å². The first-order valence-electron chi connectivity index (χ1n) is 8.58. The van der Waals surface area contributed by atoms with Gasteiger partial charge in [-0.25, -0.2) is 0 Å². The Balaban J connectivity index is 1.63. The molecular weight excluding hydrogens is 290 g/mol. The molecule has 1 fully saturated rings. The Hall–Kier alpha value is -1.88. The van der Waals surface area contributed by atoms with Gasteiger partial charge in [0, 0.05) is 24.7 Å². The molecule has 1 N–H and O–H groups in total. The molecular formula is C18H25N3O2. The van der Waals surface area contributed by atoms with Crippen LogP contribution in [0.2, 0.25) is 0 Å². The maximum atomic E-state index is 12.7. The first kappa shape index (κ1) is 16.0. The van der Waals surface area contributed by atoms with Gasteiger partial charge in [-0.1, -0.05) is 31.5 Å². The third-order valence-electron chi connectivity index (χ3n) is 4.72. The number of anilines is 1. The van der Waals surface area contributed by atoms with E-state index in [9.17, 15) is 9.59 Å². The normalized spacial score (nSPS) is 21.3. The Bertz CT molecular complexity index is 587. The summed E-state index contributed by atoms with van der Waals surface area (Å²) in [4.78, 5) is 28.4. The molecule has 1 aromatic rings. The predicted molar refractivity (Wildman–Crippen MR) is 90.1 cm³/mol. The third-order valence-corrected chi connectivity index (χ3v) is 4.72. The summed E-state index contributed by atoms with van der Waals surface area (Å²) in [6.45, 7) is 3.50. The van der Waals surface area contributed by atoms with E-state index in [0.29, 0.717) is 13.1 Å². The van der Waals surface area contributed by atoms with E-state index < -0.39 is 0 Å². The highest BCUT2D eigenvalue weighted by atomic mass is 16.2. The van der Waals surface area contributed by atoms with Crippen LogP contribution in [-0.4, -0.2) is 42.5 Å². The monoisotopic (exact) mass is 315 g/mol. The molecule has 2 aliphatic heterocycles. The van der Waals surface area contributed by atoms with Crippen LogP contribution in [0.1, 0.15) is 38.2 Å². The summed E-state index contributed by atoms with van der Waals surface area (Å²) in [5.41, 5.74) is 2.23. The lowest BCUT2D eigenvalue weighted by Crippen LogP contribution is -2.54. The minimum absolute atomic E-state index is 0.0150. The molecule has 124 valence electrons. The molecule has 0 spiro atoms. The van der Waals surface area contributed by atoms with Crippen LogP contribution in [0.5, 0.6) is 0 Å². The average Bonchev–Trinajstić information content (AvgIpc) is 2.57. The summed E-state index contributed by atoms with van der Waals surface area (Å²) in [7, 11) is 0. The second-order valence-corrected chi connectivity index (χ2v) is 6.42. The Labute approximate surface area is 137 Å². The van der Waals surface area contributed by atoms with Gasteiger partial charge in [0.1, 0.15) is 6.54 Å². The first-order valence-corrected chi connectivity index (χ1v) is 8.58. The number of carbonyl (C=O) groups excluding carboxylic acids is 2. The van der Waals surface area contributed by atoms with E-state index in [1.165, 1.54) is 5.56 Å². The Morgan fingerprint density at radius 1 is 1.35 bits per heavy atom. The predicted octanol–water partition coefficient (Wildman–Crippen LogP) is 1.91. The molecule has 3 rings (SSSR count). The van der Waals surface area contributed by atoms with Gasteiger partial charge < -0.3 is 9.80 Å². The van der Waals surface area contributed by atoms with Crippen molar-refractivity contribution in [2.24, 2.45) is 0 Å². The number of fused-ring (bicyclic) bond motifs is 1. The van der Waals surface area contributed by atoms with E-state index in [2.05, 4.69) is 18.3 Å². The van der Waals surface area contributed by atoms with Gasteiger partial charge in [-0.15, -0.1) is 0 Å². The number of rotatable bonds is 4. The number of nitrogens with zero attached hydrogens (tertiary/aromatic N) is 2. The maximum Gasteiger partial charge on any atom is 0.246 e. The van der Waals surface area contributed by atoms with Gasteiger partial charge >= 0.3 is 0 Å². The summed E-state index contributed by atoms with van der Waals surface area (Å²) in [6.07, 6.45) is 4.57. The highest BCUT2D eigenvalue weighted by Gasteiger charge is 2.29. The van der Waals surface area contributed by atoms with Gasteiger partial charge in [-0.3, -0.25) is 14.9 Å². The van der Waals surface area contributed by atoms with E-state index in [4.69, 9.17) is 0 Å². The molecule has 0 aliphatic carbocycles. The van der Waals surface area contributed by atoms with Crippen molar-refractivity contribution in [3.8, 4) is 0 Å². The zero-order valence-corrected chi connectivity index (χ0v) is 13.8. The number of nitrogens with one attached hydrogen (secondary N) is 1. The van der Waals surface area contributed by atoms with Crippen LogP contribution >= 0.6 is 0 Å². The fraction of sp³-hybridized carbons (Fsp3) is 0.556. The van der Waals surface area contributed by atoms with E-state index in [1.807, 2.05) is 23.1 Å². The molecule has 5 heteroatoms. The van der Waals surface area contributed by atoms with Crippen LogP contribution in [-0.2, 0) is 16.0 Å². The topological polar surface area (TPSA) is 52.7 Å². The molecule has 0 aromatic heterocycles. The van der Waals surface area contributed by atoms with Crippen molar-refractivity contribution in [2.75, 3.05) is 24.7 Å². The van der Waals surface area contributed by atoms with Crippen LogP contribution < -0.4 is 10.2 Å². The fourth-order valence-electron chi connectivity index (χ4n) is 3.48. The average molecular weight is 315 g/mol. The Morgan fingerprint density at radius 3 is 2.96 bits per heavy atom. The van der Waals surface area contributed by atoms with E-state index in [0.717, 1.165) is 37.9 Å². The molecule has 5 nitrogen and oxygen atoms in total. The van der Waals surface area contributed by atoms with E-state index in [-0.39, 0.29) is 24.4 Å². The Morgan fingerprint density at radius 2 is 2.17 bits per heavy atom. The number of hydrogen-bond donors (Lipinski definition) is 1. The molecule has 1 unspecified atom stereocenters. The summed E-state index contributed by atoms with van der Waals surface area (Å²) >= 11 is 0. The van der Waals surface area contributed by atoms with Crippen molar-refractivity contribution >= 4 is 17.5 Å². The highest BCUT2D eigenvalue weighted by Crippen LogP contribution is 2.26. The molecule has 1 atom stereocenters. The lowest BCUT2D eigenvalue weighted by atomic mass is 10.0. The molecule has 1 saturated heterocycles. The van der Waals surface area contributed by atoms with Gasteiger partial charge in [0.25, 0.3) is 0 Å². The molecule has 2 heterocycles. The molecule has 1 aromatic carbocycles. The van der Waals surface area contributed by atoms with Gasteiger partial charge in [0.05, 0.1) is 6.67 Å². The minimum atomic E-state index is 0.0150. The Kier molecular flexibility index (Phi) is 4.96. The van der Waals surface area contributed by atoms with Crippen molar-refractivity contribution in [1.82, 2.24) is 10.2 Å². The molecule has 23 heavy (non-hydrogen) atoms. The molecule has 2 aliphatic rings. The molecule has 0 bridgehead atoms. The lowest BCUT2D eigenvalue weighted by molar-refractivity contribution is -0.138. The molecule has 2 amide bonds. The van der Waals surface area contributed by atoms with Crippen LogP contribution in [0.4, 0.5) is 5.69 Å². The van der Waals surface area contributed by atoms with E-state index >= 15 is 0 Å². The number of para-hydroxylation sites is 1. The molecule has 0 radical (unpaired) electrons. The summed E-state index contributed by atoms with van der Waals surface area (Å²) < 4.78 is 0. The van der Waals surface area contributed by atoms with Crippen LogP contribution in [0.3, 0.4) is 0 Å². The first-order chi connectivity index (χ1) is 11.2. The zero-order chi connectivity index (χ0) is 16.2. The van der Waals surface area contributed by atoms with Gasteiger partial charge in [-0.2, -0.15) is 0 Å². The summed E-state index contributed by atoms with van der Waals surface area (Å²) in [5.74, 6) is 0.0992. The van der Waals surface area contributed by atoms with Crippen molar-refractivity contribution in [1.29, 1.82) is 0 Å². The second-order valence-electron chi connectivity index (χ2n) is 6.42. The van der Waals surface area contributed by atoms with Gasteiger partial charge in [0.15, 0.2) is 0 Å². The number of hydrogen-bond acceptors (Lipinski definition) is 3. The van der Waals surface area contributed by atoms with Gasteiger partial charge in [0.2, 0.25) is 11.8 Å². The van der Waals surface area contributed by atoms with Crippen LogP contribution in [0.15, 0.2) is 24.3 Å². The zero-order valence-electron chi connectivity index (χ0n) is 13.8. The number of amides is 2. The lowest BCUT2D eigenvalue weighted by Gasteiger charge is -2.35. The summed E-state index contributed by atoms with van der Waals surface area (Å²) in [6, 6.07) is 8.32. The third kappa shape index (κ3) is 3.55. The summed E-state index contributed by atoms with van der Waals surface area (Å²) in [5, 5.41) is 3.36. The van der Waals surface area contributed by atoms with Crippen molar-refractivity contribution in [3.63, 3.8) is 0 Å². The van der Waals surface area contributed by atoms with Crippen molar-refractivity contribution in [3.05, 3.63) is 29.8 Å². The fourth-order valence-corrected chi connectivity index (χ4v) is 3.48. The number of carbonyl (C=O) groups is 2. The smallest absolute Gasteiger partial charge is 0.246 e.